The lowest BCUT2D eigenvalue weighted by Gasteiger charge is -2.41. The summed E-state index contributed by atoms with van der Waals surface area (Å²) in [6.07, 6.45) is 1.98. The third kappa shape index (κ3) is 6.85. The zero-order chi connectivity index (χ0) is 28.0. The number of aliphatic hydroxyl groups excluding tert-OH is 1. The van der Waals surface area contributed by atoms with Crippen LogP contribution in [0.5, 0.6) is 0 Å². The van der Waals surface area contributed by atoms with Crippen LogP contribution in [-0.4, -0.2) is 52.6 Å². The van der Waals surface area contributed by atoms with E-state index in [0.29, 0.717) is 17.8 Å². The Morgan fingerprint density at radius 3 is 2.37 bits per heavy atom. The van der Waals surface area contributed by atoms with E-state index in [0.717, 1.165) is 23.8 Å². The Balaban J connectivity index is 2.18. The van der Waals surface area contributed by atoms with Gasteiger partial charge in [0.1, 0.15) is 18.2 Å². The van der Waals surface area contributed by atoms with E-state index < -0.39 is 47.6 Å². The molecule has 2 amide bonds. The minimum absolute atomic E-state index is 0.106. The van der Waals surface area contributed by atoms with E-state index in [2.05, 4.69) is 5.32 Å². The topological polar surface area (TPSA) is 101 Å². The van der Waals surface area contributed by atoms with Gasteiger partial charge in [-0.3, -0.25) is 9.59 Å². The molecule has 0 fully saturated rings. The monoisotopic (exact) mass is 526 g/mol. The number of aromatic nitrogens is 1. The molecule has 1 heterocycles. The summed E-state index contributed by atoms with van der Waals surface area (Å²) in [5.41, 5.74) is 7.18. The molecule has 0 aliphatic heterocycles. The Hall–Kier alpha value is -3.56. The molecule has 1 aromatic heterocycles. The van der Waals surface area contributed by atoms with Gasteiger partial charge in [0.15, 0.2) is 0 Å². The number of aliphatic hydroxyl groups is 1. The molecular weight excluding hydrogens is 490 g/mol. The highest BCUT2D eigenvalue weighted by molar-refractivity contribution is 5.80. The summed E-state index contributed by atoms with van der Waals surface area (Å²) in [6.45, 7) is 5.71. The quantitative estimate of drug-likeness (QED) is 0.353. The Kier molecular flexibility index (Phi) is 9.40. The highest BCUT2D eigenvalue weighted by Crippen LogP contribution is 2.41. The van der Waals surface area contributed by atoms with Gasteiger partial charge >= 0.3 is 0 Å². The minimum atomic E-state index is -0.724. The summed E-state index contributed by atoms with van der Waals surface area (Å²) in [5, 5.41) is 12.7. The lowest BCUT2D eigenvalue weighted by molar-refractivity contribution is -0.140. The lowest BCUT2D eigenvalue weighted by atomic mass is 9.82. The number of hydrogen-bond donors (Lipinski definition) is 3. The molecule has 0 aliphatic carbocycles. The van der Waals surface area contributed by atoms with Crippen LogP contribution in [0.25, 0.3) is 11.1 Å². The first kappa shape index (κ1) is 29.0. The number of nitrogens with two attached hydrogens (primary N) is 1. The summed E-state index contributed by atoms with van der Waals surface area (Å²) in [7, 11) is 1.61. The average molecular weight is 527 g/mol. The van der Waals surface area contributed by atoms with E-state index in [1.807, 2.05) is 55.7 Å². The number of rotatable bonds is 11. The van der Waals surface area contributed by atoms with Crippen molar-refractivity contribution in [2.24, 2.45) is 11.1 Å². The van der Waals surface area contributed by atoms with Gasteiger partial charge in [0.2, 0.25) is 11.8 Å². The predicted octanol–water partition coefficient (Wildman–Crippen LogP) is 3.85. The molecule has 204 valence electrons. The minimum Gasteiger partial charge on any atom is -0.387 e. The largest absolute Gasteiger partial charge is 0.387 e. The third-order valence-corrected chi connectivity index (χ3v) is 6.58. The van der Waals surface area contributed by atoms with Gasteiger partial charge in [0.05, 0.1) is 12.1 Å². The van der Waals surface area contributed by atoms with Crippen LogP contribution in [0.4, 0.5) is 8.78 Å². The Bertz CT molecular complexity index is 1250. The summed E-state index contributed by atoms with van der Waals surface area (Å²) in [6, 6.07) is 13.5. The number of carbonyl (C=O) groups excluding carboxylic acids is 2. The number of hydrogen-bond acceptors (Lipinski definition) is 4. The normalized spacial score (nSPS) is 13.2. The number of benzene rings is 2. The van der Waals surface area contributed by atoms with Crippen molar-refractivity contribution in [2.75, 3.05) is 20.2 Å². The van der Waals surface area contributed by atoms with Crippen LogP contribution in [0.3, 0.4) is 0 Å². The SMILES string of the molecule is CNC(CCN(C(=O)CO)C(c1cc(-c2cc(F)ccc2F)cn1Cc1ccccc1)C(C)(C)C)C(N)=O. The van der Waals surface area contributed by atoms with Crippen molar-refractivity contribution >= 4 is 11.8 Å². The molecule has 0 radical (unpaired) electrons. The number of amides is 2. The van der Waals surface area contributed by atoms with Crippen LogP contribution in [-0.2, 0) is 16.1 Å². The van der Waals surface area contributed by atoms with Crippen LogP contribution in [0.2, 0.25) is 0 Å². The summed E-state index contributed by atoms with van der Waals surface area (Å²) < 4.78 is 30.8. The highest BCUT2D eigenvalue weighted by Gasteiger charge is 2.37. The molecule has 2 aromatic carbocycles. The van der Waals surface area contributed by atoms with E-state index in [4.69, 9.17) is 5.73 Å². The number of primary amides is 1. The second-order valence-corrected chi connectivity index (χ2v) is 10.4. The number of nitrogens with one attached hydrogen (secondary N) is 1. The predicted molar refractivity (Wildman–Crippen MR) is 143 cm³/mol. The van der Waals surface area contributed by atoms with E-state index in [1.165, 1.54) is 4.90 Å². The van der Waals surface area contributed by atoms with Crippen molar-refractivity contribution in [3.63, 3.8) is 0 Å². The number of carbonyl (C=O) groups is 2. The van der Waals surface area contributed by atoms with Gasteiger partial charge in [-0.1, -0.05) is 51.1 Å². The summed E-state index contributed by atoms with van der Waals surface area (Å²) in [4.78, 5) is 26.5. The molecule has 4 N–H and O–H groups in total. The van der Waals surface area contributed by atoms with Gasteiger partial charge in [-0.2, -0.15) is 0 Å². The number of nitrogens with zero attached hydrogens (tertiary/aromatic N) is 2. The molecule has 0 bridgehead atoms. The molecule has 0 spiro atoms. The van der Waals surface area contributed by atoms with E-state index in [9.17, 15) is 23.5 Å². The van der Waals surface area contributed by atoms with Crippen molar-refractivity contribution in [3.8, 4) is 11.1 Å². The maximum atomic E-state index is 14.8. The zero-order valence-corrected chi connectivity index (χ0v) is 22.2. The Morgan fingerprint density at radius 2 is 1.79 bits per heavy atom. The molecule has 0 saturated heterocycles. The average Bonchev–Trinajstić information content (AvgIpc) is 3.26. The first-order valence-corrected chi connectivity index (χ1v) is 12.5. The Labute approximate surface area is 222 Å². The van der Waals surface area contributed by atoms with E-state index in [1.54, 1.807) is 19.3 Å². The van der Waals surface area contributed by atoms with E-state index in [-0.39, 0.29) is 18.5 Å². The van der Waals surface area contributed by atoms with Gasteiger partial charge < -0.3 is 25.6 Å². The first-order chi connectivity index (χ1) is 18.0. The molecule has 7 nitrogen and oxygen atoms in total. The first-order valence-electron chi connectivity index (χ1n) is 12.5. The number of halogens is 2. The van der Waals surface area contributed by atoms with Crippen LogP contribution in [0.1, 0.15) is 44.5 Å². The fourth-order valence-electron chi connectivity index (χ4n) is 4.80. The summed E-state index contributed by atoms with van der Waals surface area (Å²) in [5.74, 6) is -2.20. The molecule has 2 atom stereocenters. The lowest BCUT2D eigenvalue weighted by Crippen LogP contribution is -2.47. The molecule has 0 aliphatic rings. The van der Waals surface area contributed by atoms with Crippen molar-refractivity contribution in [2.45, 2.75) is 45.8 Å². The number of likely N-dealkylation sites (N-methyl/N-ethyl adjacent to an activating group) is 1. The molecule has 3 rings (SSSR count). The third-order valence-electron chi connectivity index (χ3n) is 6.58. The van der Waals surface area contributed by atoms with Crippen LogP contribution < -0.4 is 11.1 Å². The molecule has 2 unspecified atom stereocenters. The maximum Gasteiger partial charge on any atom is 0.248 e. The van der Waals surface area contributed by atoms with Crippen molar-refractivity contribution in [1.82, 2.24) is 14.8 Å². The second-order valence-electron chi connectivity index (χ2n) is 10.4. The van der Waals surface area contributed by atoms with Crippen molar-refractivity contribution < 1.29 is 23.5 Å². The molecule has 3 aromatic rings. The molecular formula is C29H36F2N4O3. The maximum absolute atomic E-state index is 14.8. The second kappa shape index (κ2) is 12.3. The van der Waals surface area contributed by atoms with Gasteiger partial charge in [-0.15, -0.1) is 0 Å². The van der Waals surface area contributed by atoms with Gasteiger partial charge in [-0.05, 0) is 48.7 Å². The highest BCUT2D eigenvalue weighted by atomic mass is 19.1. The van der Waals surface area contributed by atoms with Gasteiger partial charge in [0.25, 0.3) is 0 Å². The van der Waals surface area contributed by atoms with Gasteiger partial charge in [-0.25, -0.2) is 8.78 Å². The Morgan fingerprint density at radius 1 is 1.11 bits per heavy atom. The zero-order valence-electron chi connectivity index (χ0n) is 22.2. The standard InChI is InChI=1S/C29H36F2N4O3/c1-29(2,3)27(35(26(37)18-36)13-12-24(33-4)28(32)38)25-14-20(22-15-21(30)10-11-23(22)31)17-34(25)16-19-8-6-5-7-9-19/h5-11,14-15,17,24,27,33,36H,12-13,16,18H2,1-4H3,(H2,32,38). The molecule has 0 saturated carbocycles. The van der Waals surface area contributed by atoms with Crippen molar-refractivity contribution in [3.05, 3.63) is 83.7 Å². The van der Waals surface area contributed by atoms with Crippen LogP contribution >= 0.6 is 0 Å². The molecule has 38 heavy (non-hydrogen) atoms. The van der Waals surface area contributed by atoms with Crippen LogP contribution in [0, 0.1) is 17.0 Å². The van der Waals surface area contributed by atoms with Crippen LogP contribution in [0.15, 0.2) is 60.8 Å². The fourth-order valence-corrected chi connectivity index (χ4v) is 4.80. The summed E-state index contributed by atoms with van der Waals surface area (Å²) >= 11 is 0. The van der Waals surface area contributed by atoms with E-state index >= 15 is 0 Å². The van der Waals surface area contributed by atoms with Crippen molar-refractivity contribution in [1.29, 1.82) is 0 Å². The van der Waals surface area contributed by atoms with Gasteiger partial charge in [0, 0.05) is 36.1 Å². The fraction of sp³-hybridized carbons (Fsp3) is 0.379. The smallest absolute Gasteiger partial charge is 0.248 e. The molecule has 9 heteroatoms.